The second-order valence-corrected chi connectivity index (χ2v) is 8.25. The van der Waals surface area contributed by atoms with Crippen LogP contribution in [0.2, 0.25) is 5.02 Å². The van der Waals surface area contributed by atoms with E-state index in [1.165, 1.54) is 49.6 Å². The average molecular weight is 441 g/mol. The lowest BCUT2D eigenvalue weighted by Crippen LogP contribution is -2.37. The molecular weight excluding hydrogens is 420 g/mol. The molecule has 156 valence electrons. The smallest absolute Gasteiger partial charge is 0.338 e. The van der Waals surface area contributed by atoms with E-state index in [9.17, 15) is 18.0 Å². The van der Waals surface area contributed by atoms with E-state index < -0.39 is 28.4 Å². The van der Waals surface area contributed by atoms with Gasteiger partial charge in [-0.15, -0.1) is 0 Å². The van der Waals surface area contributed by atoms with Gasteiger partial charge < -0.3 is 14.8 Å². The molecule has 0 fully saturated rings. The highest BCUT2D eigenvalue weighted by atomic mass is 35.5. The third-order valence-corrected chi connectivity index (χ3v) is 5.23. The fraction of sp³-hybridized carbons (Fsp3) is 0.263. The standard InChI is InChI=1S/C19H21ClN2O6S/c1-4-28-19(24)13-5-7-14(8-6-13)21-18(23)12-22(29(3,25)26)15-9-10-17(27-2)16(20)11-15/h5-11H,4,12H2,1-3H3,(H,21,23). The van der Waals surface area contributed by atoms with E-state index in [1.54, 1.807) is 6.92 Å². The summed E-state index contributed by atoms with van der Waals surface area (Å²) in [6.07, 6.45) is 0.993. The van der Waals surface area contributed by atoms with Gasteiger partial charge in [0.2, 0.25) is 15.9 Å². The maximum absolute atomic E-state index is 12.4. The zero-order valence-electron chi connectivity index (χ0n) is 16.1. The van der Waals surface area contributed by atoms with Crippen LogP contribution in [0.4, 0.5) is 11.4 Å². The lowest BCUT2D eigenvalue weighted by Gasteiger charge is -2.22. The Labute approximate surface area is 174 Å². The lowest BCUT2D eigenvalue weighted by molar-refractivity contribution is -0.114. The highest BCUT2D eigenvalue weighted by Gasteiger charge is 2.22. The Balaban J connectivity index is 2.15. The molecule has 0 atom stereocenters. The van der Waals surface area contributed by atoms with Crippen LogP contribution >= 0.6 is 11.6 Å². The largest absolute Gasteiger partial charge is 0.495 e. The minimum atomic E-state index is -3.75. The third-order valence-electron chi connectivity index (χ3n) is 3.79. The molecule has 2 aromatic carbocycles. The highest BCUT2D eigenvalue weighted by Crippen LogP contribution is 2.30. The van der Waals surface area contributed by atoms with E-state index >= 15 is 0 Å². The first-order valence-corrected chi connectivity index (χ1v) is 10.8. The van der Waals surface area contributed by atoms with Crippen LogP contribution in [-0.2, 0) is 19.6 Å². The molecule has 0 spiro atoms. The number of anilines is 2. The van der Waals surface area contributed by atoms with Gasteiger partial charge in [-0.2, -0.15) is 0 Å². The van der Waals surface area contributed by atoms with Gasteiger partial charge in [0, 0.05) is 5.69 Å². The molecule has 0 saturated carbocycles. The van der Waals surface area contributed by atoms with Crippen molar-refractivity contribution in [1.29, 1.82) is 0 Å². The van der Waals surface area contributed by atoms with E-state index in [1.807, 2.05) is 0 Å². The molecule has 0 aromatic heterocycles. The Kier molecular flexibility index (Phi) is 7.46. The molecule has 0 bridgehead atoms. The minimum Gasteiger partial charge on any atom is -0.495 e. The van der Waals surface area contributed by atoms with Crippen LogP contribution in [0.15, 0.2) is 42.5 Å². The summed E-state index contributed by atoms with van der Waals surface area (Å²) in [5.74, 6) is -0.647. The summed E-state index contributed by atoms with van der Waals surface area (Å²) in [4.78, 5) is 24.1. The summed E-state index contributed by atoms with van der Waals surface area (Å²) in [7, 11) is -2.31. The number of carbonyl (C=O) groups excluding carboxylic acids is 2. The maximum Gasteiger partial charge on any atom is 0.338 e. The maximum atomic E-state index is 12.4. The van der Waals surface area contributed by atoms with Crippen molar-refractivity contribution < 1.29 is 27.5 Å². The number of nitrogens with zero attached hydrogens (tertiary/aromatic N) is 1. The molecule has 0 aliphatic heterocycles. The molecule has 0 heterocycles. The van der Waals surface area contributed by atoms with Crippen molar-refractivity contribution in [2.24, 2.45) is 0 Å². The number of ether oxygens (including phenoxy) is 2. The van der Waals surface area contributed by atoms with Crippen LogP contribution in [0.5, 0.6) is 5.75 Å². The zero-order chi connectivity index (χ0) is 21.6. The van der Waals surface area contributed by atoms with Gasteiger partial charge in [0.05, 0.1) is 36.2 Å². The number of sulfonamides is 1. The molecule has 0 unspecified atom stereocenters. The summed E-state index contributed by atoms with van der Waals surface area (Å²) in [5, 5.41) is 2.81. The first-order valence-electron chi connectivity index (χ1n) is 8.54. The van der Waals surface area contributed by atoms with E-state index in [4.69, 9.17) is 21.1 Å². The van der Waals surface area contributed by atoms with Gasteiger partial charge in [0.25, 0.3) is 0 Å². The monoisotopic (exact) mass is 440 g/mol. The molecule has 8 nitrogen and oxygen atoms in total. The molecule has 2 aromatic rings. The first kappa shape index (κ1) is 22.5. The Morgan fingerprint density at radius 1 is 1.14 bits per heavy atom. The van der Waals surface area contributed by atoms with Crippen molar-refractivity contribution in [3.05, 3.63) is 53.1 Å². The molecular formula is C19H21ClN2O6S. The van der Waals surface area contributed by atoms with Crippen LogP contribution in [0.3, 0.4) is 0 Å². The van der Waals surface area contributed by atoms with E-state index in [0.29, 0.717) is 17.0 Å². The van der Waals surface area contributed by atoms with E-state index in [-0.39, 0.29) is 17.3 Å². The molecule has 29 heavy (non-hydrogen) atoms. The Bertz CT molecular complexity index is 992. The second kappa shape index (κ2) is 9.62. The van der Waals surface area contributed by atoms with Crippen LogP contribution in [0, 0.1) is 0 Å². The predicted molar refractivity (Wildman–Crippen MR) is 111 cm³/mol. The molecule has 0 saturated heterocycles. The predicted octanol–water partition coefficient (Wildman–Crippen LogP) is 2.93. The lowest BCUT2D eigenvalue weighted by atomic mass is 10.2. The van der Waals surface area contributed by atoms with Crippen molar-refractivity contribution >= 4 is 44.9 Å². The molecule has 1 amide bonds. The molecule has 1 N–H and O–H groups in total. The summed E-state index contributed by atoms with van der Waals surface area (Å²) in [6.45, 7) is 1.51. The van der Waals surface area contributed by atoms with Crippen LogP contribution in [0.25, 0.3) is 0 Å². The number of nitrogens with one attached hydrogen (secondary N) is 1. The number of amides is 1. The minimum absolute atomic E-state index is 0.216. The van der Waals surface area contributed by atoms with Crippen molar-refractivity contribution in [3.63, 3.8) is 0 Å². The van der Waals surface area contributed by atoms with Crippen LogP contribution in [-0.4, -0.2) is 46.8 Å². The molecule has 0 aliphatic carbocycles. The van der Waals surface area contributed by atoms with Gasteiger partial charge in [-0.05, 0) is 49.4 Å². The molecule has 0 radical (unpaired) electrons. The van der Waals surface area contributed by atoms with Gasteiger partial charge in [-0.25, -0.2) is 13.2 Å². The van der Waals surface area contributed by atoms with Gasteiger partial charge in [0.1, 0.15) is 12.3 Å². The van der Waals surface area contributed by atoms with Gasteiger partial charge in [-0.3, -0.25) is 9.10 Å². The number of hydrogen-bond acceptors (Lipinski definition) is 6. The van der Waals surface area contributed by atoms with Crippen LogP contribution < -0.4 is 14.4 Å². The average Bonchev–Trinajstić information content (AvgIpc) is 2.66. The number of halogens is 1. The van der Waals surface area contributed by atoms with Gasteiger partial charge in [0.15, 0.2) is 0 Å². The van der Waals surface area contributed by atoms with Gasteiger partial charge >= 0.3 is 5.97 Å². The molecule has 0 aliphatic rings. The second-order valence-electron chi connectivity index (χ2n) is 5.93. The summed E-state index contributed by atoms with van der Waals surface area (Å²) in [5.41, 5.74) is 0.978. The summed E-state index contributed by atoms with van der Waals surface area (Å²) >= 11 is 6.07. The zero-order valence-corrected chi connectivity index (χ0v) is 17.7. The molecule has 2 rings (SSSR count). The Morgan fingerprint density at radius 3 is 2.31 bits per heavy atom. The number of carbonyl (C=O) groups is 2. The van der Waals surface area contributed by atoms with Crippen molar-refractivity contribution in [2.75, 3.05) is 36.1 Å². The number of esters is 1. The van der Waals surface area contributed by atoms with E-state index in [0.717, 1.165) is 10.6 Å². The van der Waals surface area contributed by atoms with Crippen LogP contribution in [0.1, 0.15) is 17.3 Å². The number of methoxy groups -OCH3 is 1. The third kappa shape index (κ3) is 6.10. The first-order chi connectivity index (χ1) is 13.7. The summed E-state index contributed by atoms with van der Waals surface area (Å²) < 4.78 is 35.3. The molecule has 10 heteroatoms. The summed E-state index contributed by atoms with van der Waals surface area (Å²) in [6, 6.07) is 10.5. The number of hydrogen-bond donors (Lipinski definition) is 1. The highest BCUT2D eigenvalue weighted by molar-refractivity contribution is 7.92. The fourth-order valence-corrected chi connectivity index (χ4v) is 3.55. The topological polar surface area (TPSA) is 102 Å². The number of rotatable bonds is 8. The Morgan fingerprint density at radius 2 is 1.79 bits per heavy atom. The van der Waals surface area contributed by atoms with E-state index in [2.05, 4.69) is 5.32 Å². The normalized spacial score (nSPS) is 10.9. The quantitative estimate of drug-likeness (QED) is 0.633. The van der Waals surface area contributed by atoms with Crippen molar-refractivity contribution in [1.82, 2.24) is 0 Å². The van der Waals surface area contributed by atoms with Crippen molar-refractivity contribution in [2.45, 2.75) is 6.92 Å². The Hall–Kier alpha value is -2.78. The van der Waals surface area contributed by atoms with Crippen molar-refractivity contribution in [3.8, 4) is 5.75 Å². The SMILES string of the molecule is CCOC(=O)c1ccc(NC(=O)CN(c2ccc(OC)c(Cl)c2)S(C)(=O)=O)cc1. The van der Waals surface area contributed by atoms with Gasteiger partial charge in [-0.1, -0.05) is 11.6 Å². The fourth-order valence-electron chi connectivity index (χ4n) is 2.45. The number of benzene rings is 2.